The highest BCUT2D eigenvalue weighted by Gasteiger charge is 2.11. The Morgan fingerprint density at radius 1 is 1.15 bits per heavy atom. The van der Waals surface area contributed by atoms with Gasteiger partial charge in [-0.2, -0.15) is 5.10 Å². The van der Waals surface area contributed by atoms with Gasteiger partial charge in [-0.25, -0.2) is 14.2 Å². The fourth-order valence-electron chi connectivity index (χ4n) is 2.73. The Hall–Kier alpha value is -3.48. The van der Waals surface area contributed by atoms with Crippen molar-refractivity contribution in [3.05, 3.63) is 72.1 Å². The topological polar surface area (TPSA) is 74.8 Å². The SMILES string of the molecule is CCn1nnc2cc(C(=O)OCc3ccc(-n4cccn4)cc3)ccc21. The molecule has 0 bridgehead atoms. The van der Waals surface area contributed by atoms with Crippen LogP contribution in [0.1, 0.15) is 22.8 Å². The summed E-state index contributed by atoms with van der Waals surface area (Å²) in [6, 6.07) is 14.9. The second-order valence-corrected chi connectivity index (χ2v) is 5.80. The number of esters is 1. The molecule has 2 aromatic heterocycles. The average Bonchev–Trinajstić information content (AvgIpc) is 3.35. The van der Waals surface area contributed by atoms with Crippen LogP contribution in [0, 0.1) is 0 Å². The fraction of sp³-hybridized carbons (Fsp3) is 0.158. The molecule has 0 saturated heterocycles. The number of hydrogen-bond acceptors (Lipinski definition) is 5. The van der Waals surface area contributed by atoms with E-state index in [1.54, 1.807) is 27.7 Å². The Bertz CT molecular complexity index is 1040. The number of aryl methyl sites for hydroxylation is 1. The molecule has 4 rings (SSSR count). The smallest absolute Gasteiger partial charge is 0.338 e. The van der Waals surface area contributed by atoms with E-state index in [-0.39, 0.29) is 12.6 Å². The van der Waals surface area contributed by atoms with Crippen LogP contribution in [0.15, 0.2) is 60.9 Å². The quantitative estimate of drug-likeness (QED) is 0.519. The first-order chi connectivity index (χ1) is 12.7. The minimum Gasteiger partial charge on any atom is -0.457 e. The fourth-order valence-corrected chi connectivity index (χ4v) is 2.73. The molecular weight excluding hydrogens is 330 g/mol. The van der Waals surface area contributed by atoms with Gasteiger partial charge in [0.25, 0.3) is 0 Å². The van der Waals surface area contributed by atoms with Crippen molar-refractivity contribution >= 4 is 17.0 Å². The Morgan fingerprint density at radius 2 is 2.00 bits per heavy atom. The first kappa shape index (κ1) is 16.0. The summed E-state index contributed by atoms with van der Waals surface area (Å²) >= 11 is 0. The van der Waals surface area contributed by atoms with Gasteiger partial charge in [-0.1, -0.05) is 17.3 Å². The molecule has 2 heterocycles. The van der Waals surface area contributed by atoms with Crippen molar-refractivity contribution < 1.29 is 9.53 Å². The number of carbonyl (C=O) groups is 1. The number of fused-ring (bicyclic) bond motifs is 1. The lowest BCUT2D eigenvalue weighted by atomic mass is 10.2. The first-order valence-corrected chi connectivity index (χ1v) is 8.34. The Kier molecular flexibility index (Phi) is 4.18. The maximum absolute atomic E-state index is 12.3. The molecule has 0 aliphatic carbocycles. The molecule has 0 atom stereocenters. The van der Waals surface area contributed by atoms with Crippen molar-refractivity contribution in [3.8, 4) is 5.69 Å². The van der Waals surface area contributed by atoms with Crippen molar-refractivity contribution in [2.45, 2.75) is 20.1 Å². The molecule has 0 N–H and O–H groups in total. The normalized spacial score (nSPS) is 11.0. The van der Waals surface area contributed by atoms with Crippen molar-refractivity contribution in [2.24, 2.45) is 0 Å². The highest BCUT2D eigenvalue weighted by atomic mass is 16.5. The summed E-state index contributed by atoms with van der Waals surface area (Å²) in [5.74, 6) is -0.380. The summed E-state index contributed by atoms with van der Waals surface area (Å²) in [6.07, 6.45) is 3.60. The minimum atomic E-state index is -0.380. The van der Waals surface area contributed by atoms with E-state index in [0.717, 1.165) is 23.3 Å². The van der Waals surface area contributed by atoms with Crippen LogP contribution in [0.5, 0.6) is 0 Å². The highest BCUT2D eigenvalue weighted by Crippen LogP contribution is 2.15. The van der Waals surface area contributed by atoms with Gasteiger partial charge < -0.3 is 4.74 Å². The number of aromatic nitrogens is 5. The molecule has 130 valence electrons. The van der Waals surface area contributed by atoms with E-state index in [2.05, 4.69) is 15.4 Å². The zero-order valence-electron chi connectivity index (χ0n) is 14.2. The summed E-state index contributed by atoms with van der Waals surface area (Å²) in [5, 5.41) is 12.3. The van der Waals surface area contributed by atoms with Crippen molar-refractivity contribution in [2.75, 3.05) is 0 Å². The molecular formula is C19H17N5O2. The van der Waals surface area contributed by atoms with Gasteiger partial charge >= 0.3 is 5.97 Å². The lowest BCUT2D eigenvalue weighted by molar-refractivity contribution is 0.0473. The van der Waals surface area contributed by atoms with Gasteiger partial charge in [0, 0.05) is 18.9 Å². The van der Waals surface area contributed by atoms with Gasteiger partial charge in [-0.15, -0.1) is 5.10 Å². The molecule has 0 radical (unpaired) electrons. The molecule has 0 saturated carbocycles. The molecule has 0 amide bonds. The standard InChI is InChI=1S/C19H17N5O2/c1-2-23-18-9-6-15(12-17(18)21-22-23)19(25)26-13-14-4-7-16(8-5-14)24-11-3-10-20-24/h3-12H,2,13H2,1H3. The maximum atomic E-state index is 12.3. The zero-order valence-corrected chi connectivity index (χ0v) is 14.2. The molecule has 7 nitrogen and oxygen atoms in total. The summed E-state index contributed by atoms with van der Waals surface area (Å²) < 4.78 is 8.97. The number of hydrogen-bond donors (Lipinski definition) is 0. The number of benzene rings is 2. The van der Waals surface area contributed by atoms with Crippen LogP contribution < -0.4 is 0 Å². The number of nitrogens with zero attached hydrogens (tertiary/aromatic N) is 5. The Morgan fingerprint density at radius 3 is 2.73 bits per heavy atom. The second kappa shape index (κ2) is 6.79. The third kappa shape index (κ3) is 3.06. The lowest BCUT2D eigenvalue weighted by Crippen LogP contribution is -2.05. The van der Waals surface area contributed by atoms with Crippen LogP contribution in [-0.4, -0.2) is 30.7 Å². The molecule has 26 heavy (non-hydrogen) atoms. The molecule has 0 unspecified atom stereocenters. The summed E-state index contributed by atoms with van der Waals surface area (Å²) in [5.41, 5.74) is 3.92. The van der Waals surface area contributed by atoms with Gasteiger partial charge in [0.2, 0.25) is 0 Å². The monoisotopic (exact) mass is 347 g/mol. The van der Waals surface area contributed by atoms with E-state index in [0.29, 0.717) is 11.1 Å². The van der Waals surface area contributed by atoms with E-state index in [1.165, 1.54) is 0 Å². The lowest BCUT2D eigenvalue weighted by Gasteiger charge is -2.07. The number of rotatable bonds is 5. The van der Waals surface area contributed by atoms with Crippen molar-refractivity contribution in [1.82, 2.24) is 24.8 Å². The third-order valence-electron chi connectivity index (χ3n) is 4.12. The van der Waals surface area contributed by atoms with Crippen molar-refractivity contribution in [3.63, 3.8) is 0 Å². The molecule has 7 heteroatoms. The van der Waals surface area contributed by atoms with Crippen LogP contribution >= 0.6 is 0 Å². The number of ether oxygens (including phenoxy) is 1. The van der Waals surface area contributed by atoms with E-state index >= 15 is 0 Å². The zero-order chi connectivity index (χ0) is 17.9. The predicted octanol–water partition coefficient (Wildman–Crippen LogP) is 2.99. The average molecular weight is 347 g/mol. The molecule has 0 aliphatic heterocycles. The molecule has 0 aliphatic rings. The van der Waals surface area contributed by atoms with Crippen LogP contribution in [0.3, 0.4) is 0 Å². The molecule has 4 aromatic rings. The van der Waals surface area contributed by atoms with Gasteiger partial charge in [0.1, 0.15) is 12.1 Å². The molecule has 2 aromatic carbocycles. The third-order valence-corrected chi connectivity index (χ3v) is 4.12. The van der Waals surface area contributed by atoms with E-state index in [9.17, 15) is 4.79 Å². The van der Waals surface area contributed by atoms with Gasteiger partial charge in [0.05, 0.1) is 16.8 Å². The van der Waals surface area contributed by atoms with E-state index in [1.807, 2.05) is 49.5 Å². The minimum absolute atomic E-state index is 0.206. The van der Waals surface area contributed by atoms with Gasteiger partial charge in [-0.3, -0.25) is 0 Å². The van der Waals surface area contributed by atoms with Crippen LogP contribution in [-0.2, 0) is 17.9 Å². The summed E-state index contributed by atoms with van der Waals surface area (Å²) in [4.78, 5) is 12.3. The van der Waals surface area contributed by atoms with Gasteiger partial charge in [0.15, 0.2) is 0 Å². The van der Waals surface area contributed by atoms with E-state index in [4.69, 9.17) is 4.74 Å². The van der Waals surface area contributed by atoms with Crippen molar-refractivity contribution in [1.29, 1.82) is 0 Å². The van der Waals surface area contributed by atoms with Crippen LogP contribution in [0.25, 0.3) is 16.7 Å². The predicted molar refractivity (Wildman–Crippen MR) is 95.9 cm³/mol. The van der Waals surface area contributed by atoms with Gasteiger partial charge in [-0.05, 0) is 48.9 Å². The highest BCUT2D eigenvalue weighted by molar-refractivity contribution is 5.93. The summed E-state index contributed by atoms with van der Waals surface area (Å²) in [7, 11) is 0. The maximum Gasteiger partial charge on any atom is 0.338 e. The largest absolute Gasteiger partial charge is 0.457 e. The Balaban J connectivity index is 1.43. The second-order valence-electron chi connectivity index (χ2n) is 5.80. The first-order valence-electron chi connectivity index (χ1n) is 8.34. The van der Waals surface area contributed by atoms with Crippen LogP contribution in [0.4, 0.5) is 0 Å². The molecule has 0 fully saturated rings. The van der Waals surface area contributed by atoms with E-state index < -0.39 is 0 Å². The summed E-state index contributed by atoms with van der Waals surface area (Å²) in [6.45, 7) is 2.93. The molecule has 0 spiro atoms. The van der Waals surface area contributed by atoms with Crippen LogP contribution in [0.2, 0.25) is 0 Å². The Labute approximate surface area is 149 Å². The number of carbonyl (C=O) groups excluding carboxylic acids is 1.